The number of hydrogen-bond acceptors (Lipinski definition) is 2. The number of hydrogen-bond donors (Lipinski definition) is 2. The summed E-state index contributed by atoms with van der Waals surface area (Å²) >= 11 is 0. The number of benzene rings is 1. The highest BCUT2D eigenvalue weighted by molar-refractivity contribution is 5.93. The Balaban J connectivity index is 2.84. The Bertz CT molecular complexity index is 266. The summed E-state index contributed by atoms with van der Waals surface area (Å²) in [7, 11) is 0. The molecule has 2 N–H and O–H groups in total. The molecule has 1 aromatic carbocycles. The van der Waals surface area contributed by atoms with Crippen molar-refractivity contribution < 1.29 is 10.0 Å². The normalized spacial score (nSPS) is 9.50. The lowest BCUT2D eigenvalue weighted by molar-refractivity contribution is 0.0706. The van der Waals surface area contributed by atoms with Gasteiger partial charge in [-0.2, -0.15) is 0 Å². The zero-order valence-electron chi connectivity index (χ0n) is 6.87. The minimum Gasteiger partial charge on any atom is -0.288 e. The van der Waals surface area contributed by atoms with Gasteiger partial charge in [0.25, 0.3) is 5.91 Å². The van der Waals surface area contributed by atoms with Crippen molar-refractivity contribution in [3.8, 4) is 0 Å². The van der Waals surface area contributed by atoms with Gasteiger partial charge in [-0.1, -0.05) is 19.1 Å². The number of carbonyl (C=O) groups is 1. The van der Waals surface area contributed by atoms with Crippen LogP contribution in [0.5, 0.6) is 0 Å². The maximum atomic E-state index is 10.9. The molecule has 0 spiro atoms. The van der Waals surface area contributed by atoms with Crippen LogP contribution in [0.25, 0.3) is 0 Å². The first-order chi connectivity index (χ1) is 5.77. The first-order valence-electron chi connectivity index (χ1n) is 3.81. The lowest BCUT2D eigenvalue weighted by Gasteiger charge is -1.99. The molecule has 1 aromatic rings. The van der Waals surface area contributed by atoms with Gasteiger partial charge in [0.2, 0.25) is 0 Å². The number of aryl methyl sites for hydroxylation is 1. The van der Waals surface area contributed by atoms with Gasteiger partial charge in [0.15, 0.2) is 0 Å². The Morgan fingerprint density at radius 3 is 2.42 bits per heavy atom. The maximum absolute atomic E-state index is 10.9. The van der Waals surface area contributed by atoms with E-state index in [-0.39, 0.29) is 0 Å². The number of hydroxylamine groups is 1. The Kier molecular flexibility index (Phi) is 2.82. The van der Waals surface area contributed by atoms with Gasteiger partial charge in [-0.3, -0.25) is 10.0 Å². The average molecular weight is 165 g/mol. The van der Waals surface area contributed by atoms with Crippen LogP contribution in [0.2, 0.25) is 0 Å². The summed E-state index contributed by atoms with van der Waals surface area (Å²) in [5, 5.41) is 8.32. The number of nitrogens with one attached hydrogen (secondary N) is 1. The largest absolute Gasteiger partial charge is 0.288 e. The Hall–Kier alpha value is -1.35. The molecule has 64 valence electrons. The Labute approximate surface area is 71.0 Å². The van der Waals surface area contributed by atoms with Gasteiger partial charge in [-0.05, 0) is 24.1 Å². The van der Waals surface area contributed by atoms with Crippen LogP contribution < -0.4 is 5.48 Å². The lowest BCUT2D eigenvalue weighted by Crippen LogP contribution is -2.18. The molecule has 0 saturated carbocycles. The van der Waals surface area contributed by atoms with Gasteiger partial charge in [-0.25, -0.2) is 5.48 Å². The zero-order chi connectivity index (χ0) is 8.97. The summed E-state index contributed by atoms with van der Waals surface area (Å²) in [6.45, 7) is 2.04. The Morgan fingerprint density at radius 1 is 1.42 bits per heavy atom. The molecule has 0 radical (unpaired) electrons. The fourth-order valence-corrected chi connectivity index (χ4v) is 0.956. The van der Waals surface area contributed by atoms with E-state index in [1.165, 1.54) is 5.56 Å². The van der Waals surface area contributed by atoms with E-state index in [1.807, 2.05) is 19.1 Å². The minimum absolute atomic E-state index is 0.467. The molecule has 0 unspecified atom stereocenters. The van der Waals surface area contributed by atoms with Crippen LogP contribution in [0.15, 0.2) is 24.3 Å². The van der Waals surface area contributed by atoms with Crippen molar-refractivity contribution in [1.82, 2.24) is 5.48 Å². The van der Waals surface area contributed by atoms with E-state index in [1.54, 1.807) is 17.6 Å². The van der Waals surface area contributed by atoms with Crippen LogP contribution >= 0.6 is 0 Å². The maximum Gasteiger partial charge on any atom is 0.274 e. The van der Waals surface area contributed by atoms with Gasteiger partial charge in [0, 0.05) is 5.56 Å². The van der Waals surface area contributed by atoms with Crippen LogP contribution in [0, 0.1) is 0 Å². The molecule has 3 nitrogen and oxygen atoms in total. The second-order valence-electron chi connectivity index (χ2n) is 2.49. The van der Waals surface area contributed by atoms with Crippen molar-refractivity contribution in [3.05, 3.63) is 35.4 Å². The first-order valence-corrected chi connectivity index (χ1v) is 3.81. The van der Waals surface area contributed by atoms with E-state index in [4.69, 9.17) is 5.21 Å². The predicted molar refractivity (Wildman–Crippen MR) is 45.1 cm³/mol. The summed E-state index contributed by atoms with van der Waals surface area (Å²) in [6, 6.07) is 7.10. The highest BCUT2D eigenvalue weighted by Crippen LogP contribution is 2.04. The highest BCUT2D eigenvalue weighted by atomic mass is 16.5. The third-order valence-corrected chi connectivity index (χ3v) is 1.73. The van der Waals surface area contributed by atoms with E-state index in [0.717, 1.165) is 6.42 Å². The predicted octanol–water partition coefficient (Wildman–Crippen LogP) is 1.37. The molecule has 0 fully saturated rings. The van der Waals surface area contributed by atoms with Crippen LogP contribution in [-0.2, 0) is 6.42 Å². The molecule has 0 saturated heterocycles. The molecule has 0 atom stereocenters. The van der Waals surface area contributed by atoms with Crippen LogP contribution in [-0.4, -0.2) is 11.1 Å². The van der Waals surface area contributed by atoms with Crippen LogP contribution in [0.3, 0.4) is 0 Å². The van der Waals surface area contributed by atoms with E-state index in [0.29, 0.717) is 5.56 Å². The molecule has 0 bridgehead atoms. The van der Waals surface area contributed by atoms with Crippen LogP contribution in [0.4, 0.5) is 0 Å². The molecule has 0 heterocycles. The van der Waals surface area contributed by atoms with Gasteiger partial charge in [0.05, 0.1) is 0 Å². The molecule has 0 aliphatic carbocycles. The van der Waals surface area contributed by atoms with Gasteiger partial charge in [-0.15, -0.1) is 0 Å². The SMILES string of the molecule is CCc1ccc(C(=O)NO)cc1. The quantitative estimate of drug-likeness (QED) is 0.513. The molecule has 0 aliphatic heterocycles. The van der Waals surface area contributed by atoms with E-state index in [9.17, 15) is 4.79 Å². The highest BCUT2D eigenvalue weighted by Gasteiger charge is 2.01. The minimum atomic E-state index is -0.474. The third kappa shape index (κ3) is 1.83. The lowest BCUT2D eigenvalue weighted by atomic mass is 10.1. The monoisotopic (exact) mass is 165 g/mol. The summed E-state index contributed by atoms with van der Waals surface area (Å²) in [5.41, 5.74) is 3.22. The fraction of sp³-hybridized carbons (Fsp3) is 0.222. The summed E-state index contributed by atoms with van der Waals surface area (Å²) in [5.74, 6) is -0.474. The van der Waals surface area contributed by atoms with Crippen LogP contribution in [0.1, 0.15) is 22.8 Å². The first kappa shape index (κ1) is 8.74. The molecule has 1 rings (SSSR count). The van der Waals surface area contributed by atoms with Crippen molar-refractivity contribution in [2.24, 2.45) is 0 Å². The smallest absolute Gasteiger partial charge is 0.274 e. The molecule has 1 amide bonds. The van der Waals surface area contributed by atoms with Crippen molar-refractivity contribution in [3.63, 3.8) is 0 Å². The van der Waals surface area contributed by atoms with E-state index >= 15 is 0 Å². The van der Waals surface area contributed by atoms with Gasteiger partial charge >= 0.3 is 0 Å². The standard InChI is InChI=1S/C9H11NO2/c1-2-7-3-5-8(6-4-7)9(11)10-12/h3-6,12H,2H2,1H3,(H,10,11). The van der Waals surface area contributed by atoms with Crippen molar-refractivity contribution in [2.75, 3.05) is 0 Å². The Morgan fingerprint density at radius 2 is 2.00 bits per heavy atom. The number of amides is 1. The zero-order valence-corrected chi connectivity index (χ0v) is 6.87. The second kappa shape index (κ2) is 3.88. The molecule has 3 heteroatoms. The van der Waals surface area contributed by atoms with Crippen molar-refractivity contribution in [2.45, 2.75) is 13.3 Å². The molecule has 12 heavy (non-hydrogen) atoms. The second-order valence-corrected chi connectivity index (χ2v) is 2.49. The summed E-state index contributed by atoms with van der Waals surface area (Å²) in [4.78, 5) is 10.9. The molecular weight excluding hydrogens is 154 g/mol. The van der Waals surface area contributed by atoms with Gasteiger partial charge in [0.1, 0.15) is 0 Å². The van der Waals surface area contributed by atoms with E-state index < -0.39 is 5.91 Å². The molecule has 0 aliphatic rings. The fourth-order valence-electron chi connectivity index (χ4n) is 0.956. The topological polar surface area (TPSA) is 49.3 Å². The van der Waals surface area contributed by atoms with Crippen molar-refractivity contribution >= 4 is 5.91 Å². The van der Waals surface area contributed by atoms with E-state index in [2.05, 4.69) is 0 Å². The third-order valence-electron chi connectivity index (χ3n) is 1.73. The summed E-state index contributed by atoms with van der Waals surface area (Å²) in [6.07, 6.45) is 0.945. The number of carbonyl (C=O) groups excluding carboxylic acids is 1. The molecule has 0 aromatic heterocycles. The van der Waals surface area contributed by atoms with Crippen molar-refractivity contribution in [1.29, 1.82) is 0 Å². The average Bonchev–Trinajstić information content (AvgIpc) is 2.17. The van der Waals surface area contributed by atoms with Gasteiger partial charge < -0.3 is 0 Å². The molecular formula is C9H11NO2. The summed E-state index contributed by atoms with van der Waals surface area (Å²) < 4.78 is 0. The number of rotatable bonds is 2.